The molecule has 1 aliphatic heterocycles. The molecule has 1 heterocycles. The van der Waals surface area contributed by atoms with Crippen LogP contribution in [0.1, 0.15) is 29.3 Å². The van der Waals surface area contributed by atoms with E-state index in [1.54, 1.807) is 6.92 Å². The van der Waals surface area contributed by atoms with E-state index >= 15 is 0 Å². The van der Waals surface area contributed by atoms with Gasteiger partial charge in [0.05, 0.1) is 28.3 Å². The lowest BCUT2D eigenvalue weighted by Crippen LogP contribution is -2.31. The Morgan fingerprint density at radius 3 is 2.55 bits per heavy atom. The molecule has 0 spiro atoms. The van der Waals surface area contributed by atoms with E-state index < -0.39 is 45.9 Å². The Morgan fingerprint density at radius 2 is 1.94 bits per heavy atom. The Hall–Kier alpha value is -3.34. The van der Waals surface area contributed by atoms with Crippen LogP contribution in [0.25, 0.3) is 0 Å². The van der Waals surface area contributed by atoms with Crippen LogP contribution in [0, 0.1) is 0 Å². The monoisotopic (exact) mass is 483 g/mol. The molecule has 2 unspecified atom stereocenters. The summed E-state index contributed by atoms with van der Waals surface area (Å²) in [6, 6.07) is 8.68. The SMILES string of the molecule is C=CCN(c1cccc(C(F)(F)F)c1)S(=O)(=O)c1cccc(C(=O)OC2CC(C)OC2=O)c1. The molecule has 176 valence electrons. The average Bonchev–Trinajstić information content (AvgIpc) is 3.07. The quantitative estimate of drug-likeness (QED) is 0.438. The number of carbonyl (C=O) groups excluding carboxylic acids is 2. The molecule has 3 rings (SSSR count). The Kier molecular flexibility index (Phi) is 6.82. The number of alkyl halides is 3. The average molecular weight is 483 g/mol. The standard InChI is InChI=1S/C22H20F3NO6S/c1-3-10-26(17-8-5-7-16(13-17)22(23,24)25)33(29,30)18-9-4-6-15(12-18)20(27)32-19-11-14(2)31-21(19)28/h3-9,12-14,19H,1,10-11H2,2H3. The third kappa shape index (κ3) is 5.36. The maximum absolute atomic E-state index is 13.3. The summed E-state index contributed by atoms with van der Waals surface area (Å²) in [7, 11) is -4.39. The zero-order valence-corrected chi connectivity index (χ0v) is 18.2. The second-order valence-corrected chi connectivity index (χ2v) is 9.14. The maximum Gasteiger partial charge on any atom is 0.416 e. The molecule has 0 bridgehead atoms. The second-order valence-electron chi connectivity index (χ2n) is 7.28. The van der Waals surface area contributed by atoms with Crippen molar-refractivity contribution in [3.05, 3.63) is 72.3 Å². The van der Waals surface area contributed by atoms with Gasteiger partial charge < -0.3 is 9.47 Å². The molecule has 0 N–H and O–H groups in total. The van der Waals surface area contributed by atoms with Gasteiger partial charge in [-0.15, -0.1) is 6.58 Å². The number of cyclic esters (lactones) is 1. The lowest BCUT2D eigenvalue weighted by Gasteiger charge is -2.24. The minimum atomic E-state index is -4.66. The summed E-state index contributed by atoms with van der Waals surface area (Å²) in [6.45, 7) is 4.80. The van der Waals surface area contributed by atoms with Gasteiger partial charge in [0.25, 0.3) is 10.0 Å². The zero-order valence-electron chi connectivity index (χ0n) is 17.4. The molecule has 1 saturated heterocycles. The van der Waals surface area contributed by atoms with Crippen molar-refractivity contribution in [3.8, 4) is 0 Å². The molecule has 7 nitrogen and oxygen atoms in total. The molecule has 2 aromatic carbocycles. The van der Waals surface area contributed by atoms with E-state index in [2.05, 4.69) is 6.58 Å². The van der Waals surface area contributed by atoms with Crippen LogP contribution in [0.3, 0.4) is 0 Å². The first-order valence-corrected chi connectivity index (χ1v) is 11.2. The van der Waals surface area contributed by atoms with E-state index in [-0.39, 0.29) is 29.1 Å². The van der Waals surface area contributed by atoms with Gasteiger partial charge in [0.2, 0.25) is 6.10 Å². The highest BCUT2D eigenvalue weighted by Crippen LogP contribution is 2.33. The molecular weight excluding hydrogens is 463 g/mol. The van der Waals surface area contributed by atoms with Crippen LogP contribution in [-0.4, -0.2) is 39.1 Å². The van der Waals surface area contributed by atoms with E-state index in [0.717, 1.165) is 22.5 Å². The van der Waals surface area contributed by atoms with Gasteiger partial charge in [-0.3, -0.25) is 4.31 Å². The van der Waals surface area contributed by atoms with Gasteiger partial charge >= 0.3 is 18.1 Å². The molecule has 1 fully saturated rings. The fourth-order valence-electron chi connectivity index (χ4n) is 3.22. The van der Waals surface area contributed by atoms with Crippen LogP contribution in [0.2, 0.25) is 0 Å². The van der Waals surface area contributed by atoms with Crippen molar-refractivity contribution in [3.63, 3.8) is 0 Å². The number of sulfonamides is 1. The second kappa shape index (κ2) is 9.26. The van der Waals surface area contributed by atoms with Crippen molar-refractivity contribution in [2.24, 2.45) is 0 Å². The predicted octanol–water partition coefficient (Wildman–Crippen LogP) is 3.95. The summed E-state index contributed by atoms with van der Waals surface area (Å²) >= 11 is 0. The van der Waals surface area contributed by atoms with Crippen molar-refractivity contribution in [2.45, 2.75) is 36.6 Å². The Balaban J connectivity index is 1.93. The summed E-state index contributed by atoms with van der Waals surface area (Å²) in [5.41, 5.74) is -1.38. The predicted molar refractivity (Wildman–Crippen MR) is 112 cm³/mol. The van der Waals surface area contributed by atoms with E-state index in [0.29, 0.717) is 6.07 Å². The first-order valence-electron chi connectivity index (χ1n) is 9.76. The van der Waals surface area contributed by atoms with Crippen LogP contribution in [0.4, 0.5) is 18.9 Å². The van der Waals surface area contributed by atoms with Crippen molar-refractivity contribution >= 4 is 27.6 Å². The highest BCUT2D eigenvalue weighted by atomic mass is 32.2. The largest absolute Gasteiger partial charge is 0.460 e. The van der Waals surface area contributed by atoms with Gasteiger partial charge in [0.1, 0.15) is 6.10 Å². The minimum Gasteiger partial charge on any atom is -0.460 e. The highest BCUT2D eigenvalue weighted by Gasteiger charge is 2.36. The van der Waals surface area contributed by atoms with Crippen LogP contribution >= 0.6 is 0 Å². The molecule has 33 heavy (non-hydrogen) atoms. The van der Waals surface area contributed by atoms with Crippen LogP contribution in [-0.2, 0) is 30.5 Å². The van der Waals surface area contributed by atoms with E-state index in [1.165, 1.54) is 30.3 Å². The van der Waals surface area contributed by atoms with Crippen molar-refractivity contribution in [1.82, 2.24) is 0 Å². The number of ether oxygens (including phenoxy) is 2. The van der Waals surface area contributed by atoms with Crippen molar-refractivity contribution in [2.75, 3.05) is 10.8 Å². The number of benzene rings is 2. The van der Waals surface area contributed by atoms with E-state index in [9.17, 15) is 31.2 Å². The fraction of sp³-hybridized carbons (Fsp3) is 0.273. The number of carbonyl (C=O) groups is 2. The Labute approximate surface area is 188 Å². The minimum absolute atomic E-state index is 0.147. The Morgan fingerprint density at radius 1 is 1.24 bits per heavy atom. The van der Waals surface area contributed by atoms with E-state index in [1.807, 2.05) is 0 Å². The topological polar surface area (TPSA) is 90.0 Å². The van der Waals surface area contributed by atoms with Gasteiger partial charge in [-0.1, -0.05) is 18.2 Å². The molecule has 2 aromatic rings. The van der Waals surface area contributed by atoms with Gasteiger partial charge in [-0.05, 0) is 43.3 Å². The number of hydrogen-bond acceptors (Lipinski definition) is 6. The number of nitrogens with zero attached hydrogens (tertiary/aromatic N) is 1. The van der Waals surface area contributed by atoms with Gasteiger partial charge in [0.15, 0.2) is 0 Å². The molecular formula is C22H20F3NO6S. The number of esters is 2. The molecule has 0 amide bonds. The molecule has 2 atom stereocenters. The summed E-state index contributed by atoms with van der Waals surface area (Å²) in [5, 5.41) is 0. The first-order chi connectivity index (χ1) is 15.4. The van der Waals surface area contributed by atoms with Gasteiger partial charge in [-0.25, -0.2) is 18.0 Å². The normalized spacial score (nSPS) is 18.5. The third-order valence-electron chi connectivity index (χ3n) is 4.79. The van der Waals surface area contributed by atoms with Crippen LogP contribution in [0.15, 0.2) is 66.1 Å². The fourth-order valence-corrected chi connectivity index (χ4v) is 4.69. The smallest absolute Gasteiger partial charge is 0.416 e. The molecule has 0 aromatic heterocycles. The number of hydrogen-bond donors (Lipinski definition) is 0. The lowest BCUT2D eigenvalue weighted by atomic mass is 10.2. The maximum atomic E-state index is 13.3. The molecule has 0 aliphatic carbocycles. The highest BCUT2D eigenvalue weighted by molar-refractivity contribution is 7.92. The summed E-state index contributed by atoms with van der Waals surface area (Å²) in [4.78, 5) is 23.8. The molecule has 1 aliphatic rings. The number of rotatable bonds is 7. The first kappa shape index (κ1) is 24.3. The zero-order chi connectivity index (χ0) is 24.4. The molecule has 0 saturated carbocycles. The van der Waals surface area contributed by atoms with Crippen molar-refractivity contribution < 1.29 is 40.7 Å². The summed E-state index contributed by atoms with van der Waals surface area (Å²) in [6.07, 6.45) is -4.78. The number of halogens is 3. The summed E-state index contributed by atoms with van der Waals surface area (Å²) < 4.78 is 76.7. The van der Waals surface area contributed by atoms with Crippen molar-refractivity contribution in [1.29, 1.82) is 0 Å². The van der Waals surface area contributed by atoms with Gasteiger partial charge in [0, 0.05) is 6.42 Å². The summed E-state index contributed by atoms with van der Waals surface area (Å²) in [5.74, 6) is -1.63. The number of anilines is 1. The van der Waals surface area contributed by atoms with Gasteiger partial charge in [-0.2, -0.15) is 13.2 Å². The van der Waals surface area contributed by atoms with Crippen LogP contribution in [0.5, 0.6) is 0 Å². The Bertz CT molecular complexity index is 1180. The van der Waals surface area contributed by atoms with Crippen LogP contribution < -0.4 is 4.31 Å². The lowest BCUT2D eigenvalue weighted by molar-refractivity contribution is -0.147. The van der Waals surface area contributed by atoms with E-state index in [4.69, 9.17) is 9.47 Å². The molecule has 11 heteroatoms. The third-order valence-corrected chi connectivity index (χ3v) is 6.58. The molecule has 0 radical (unpaired) electrons.